The highest BCUT2D eigenvalue weighted by atomic mass is 15.4. The van der Waals surface area contributed by atoms with Gasteiger partial charge in [-0.2, -0.15) is 10.1 Å². The van der Waals surface area contributed by atoms with Crippen LogP contribution in [-0.4, -0.2) is 37.0 Å². The molecule has 0 unspecified atom stereocenters. The fraction of sp³-hybridized carbons (Fsp3) is 0.200. The molecule has 17 heavy (non-hydrogen) atoms. The number of rotatable bonds is 2. The fourth-order valence-electron chi connectivity index (χ4n) is 1.76. The van der Waals surface area contributed by atoms with Crippen LogP contribution in [0.3, 0.4) is 0 Å². The summed E-state index contributed by atoms with van der Waals surface area (Å²) >= 11 is 0. The van der Waals surface area contributed by atoms with E-state index in [1.54, 1.807) is 24.1 Å². The van der Waals surface area contributed by atoms with Crippen LogP contribution in [0.4, 0.5) is 5.95 Å². The minimum atomic E-state index is 0.590. The van der Waals surface area contributed by atoms with Crippen LogP contribution in [0.25, 0.3) is 22.4 Å². The molecule has 0 amide bonds. The molecule has 0 aliphatic rings. The van der Waals surface area contributed by atoms with E-state index < -0.39 is 0 Å². The predicted molar refractivity (Wildman–Crippen MR) is 63.4 cm³/mol. The minimum Gasteiger partial charge on any atom is -0.356 e. The van der Waals surface area contributed by atoms with E-state index in [2.05, 4.69) is 30.6 Å². The number of hydrogen-bond donors (Lipinski definition) is 2. The molecule has 0 radical (unpaired) electrons. The average molecular weight is 229 g/mol. The molecule has 0 spiro atoms. The summed E-state index contributed by atoms with van der Waals surface area (Å²) in [5.41, 5.74) is 2.62. The molecule has 0 bridgehead atoms. The summed E-state index contributed by atoms with van der Waals surface area (Å²) in [6.07, 6.45) is 3.43. The number of hydrogen-bond acceptors (Lipinski definition) is 5. The van der Waals surface area contributed by atoms with Gasteiger partial charge < -0.3 is 5.32 Å². The number of anilines is 1. The Morgan fingerprint density at radius 2 is 2.29 bits per heavy atom. The lowest BCUT2D eigenvalue weighted by Gasteiger charge is -2.00. The first-order valence-electron chi connectivity index (χ1n) is 5.17. The third-order valence-corrected chi connectivity index (χ3v) is 2.57. The number of pyridine rings is 1. The second-order valence-electron chi connectivity index (χ2n) is 3.62. The zero-order valence-corrected chi connectivity index (χ0v) is 9.47. The number of aromatic nitrogens is 6. The summed E-state index contributed by atoms with van der Waals surface area (Å²) in [6, 6.07) is 1.89. The van der Waals surface area contributed by atoms with Crippen molar-refractivity contribution in [1.82, 2.24) is 29.9 Å². The number of nitrogens with zero attached hydrogens (tertiary/aromatic N) is 5. The van der Waals surface area contributed by atoms with Crippen LogP contribution in [0.15, 0.2) is 18.5 Å². The van der Waals surface area contributed by atoms with Gasteiger partial charge >= 0.3 is 0 Å². The molecule has 7 nitrogen and oxygen atoms in total. The maximum atomic E-state index is 4.39. The number of fused-ring (bicyclic) bond motifs is 1. The van der Waals surface area contributed by atoms with Gasteiger partial charge in [-0.15, -0.1) is 5.10 Å². The van der Waals surface area contributed by atoms with Gasteiger partial charge in [-0.3, -0.25) is 10.1 Å². The van der Waals surface area contributed by atoms with E-state index in [1.165, 1.54) is 0 Å². The number of nitrogens with one attached hydrogen (secondary N) is 2. The first kappa shape index (κ1) is 9.76. The standard InChI is InChI=1S/C10H11N7/c1-11-10-14-9(17(2)16-10)6-3-4-12-7-5-13-15-8(6)7/h3-5H,1-2H3,(H,11,16)(H,13,15). The molecule has 0 saturated carbocycles. The molecule has 3 rings (SSSR count). The van der Waals surface area contributed by atoms with Crippen molar-refractivity contribution in [2.45, 2.75) is 0 Å². The summed E-state index contributed by atoms with van der Waals surface area (Å²) in [5, 5.41) is 14.1. The topological polar surface area (TPSA) is 84.3 Å². The quantitative estimate of drug-likeness (QED) is 0.678. The van der Waals surface area contributed by atoms with E-state index in [9.17, 15) is 0 Å². The first-order valence-corrected chi connectivity index (χ1v) is 5.17. The van der Waals surface area contributed by atoms with Crippen molar-refractivity contribution in [3.63, 3.8) is 0 Å². The molecule has 2 N–H and O–H groups in total. The highest BCUT2D eigenvalue weighted by molar-refractivity contribution is 5.88. The van der Waals surface area contributed by atoms with Gasteiger partial charge in [0, 0.05) is 25.9 Å². The molecule has 0 atom stereocenters. The third kappa shape index (κ3) is 1.43. The SMILES string of the molecule is CNc1nc(-c2ccnc3cn[nH]c23)n(C)n1. The lowest BCUT2D eigenvalue weighted by Crippen LogP contribution is -1.96. The van der Waals surface area contributed by atoms with E-state index in [-0.39, 0.29) is 0 Å². The summed E-state index contributed by atoms with van der Waals surface area (Å²) in [5.74, 6) is 1.36. The Balaban J connectivity index is 2.26. The molecule has 7 heteroatoms. The molecule has 0 saturated heterocycles. The third-order valence-electron chi connectivity index (χ3n) is 2.57. The van der Waals surface area contributed by atoms with Gasteiger partial charge in [0.2, 0.25) is 5.95 Å². The fourth-order valence-corrected chi connectivity index (χ4v) is 1.76. The maximum Gasteiger partial charge on any atom is 0.242 e. The van der Waals surface area contributed by atoms with Gasteiger partial charge in [-0.25, -0.2) is 4.68 Å². The van der Waals surface area contributed by atoms with Crippen molar-refractivity contribution in [2.24, 2.45) is 7.05 Å². The van der Waals surface area contributed by atoms with Crippen molar-refractivity contribution >= 4 is 17.0 Å². The molecule has 86 valence electrons. The normalized spacial score (nSPS) is 10.9. The summed E-state index contributed by atoms with van der Waals surface area (Å²) < 4.78 is 1.72. The largest absolute Gasteiger partial charge is 0.356 e. The Kier molecular flexibility index (Phi) is 2.04. The molecule has 0 aliphatic heterocycles. The lowest BCUT2D eigenvalue weighted by molar-refractivity contribution is 0.777. The van der Waals surface area contributed by atoms with Crippen molar-refractivity contribution in [3.8, 4) is 11.4 Å². The number of aromatic amines is 1. The maximum absolute atomic E-state index is 4.39. The Morgan fingerprint density at radius 3 is 3.06 bits per heavy atom. The van der Waals surface area contributed by atoms with Crippen LogP contribution in [0.1, 0.15) is 0 Å². The van der Waals surface area contributed by atoms with Crippen LogP contribution in [0.5, 0.6) is 0 Å². The molecule has 3 aromatic heterocycles. The molecule has 0 fully saturated rings. The lowest BCUT2D eigenvalue weighted by atomic mass is 10.2. The average Bonchev–Trinajstić information content (AvgIpc) is 2.94. The Bertz CT molecular complexity index is 666. The van der Waals surface area contributed by atoms with Crippen LogP contribution >= 0.6 is 0 Å². The summed E-state index contributed by atoms with van der Waals surface area (Å²) in [6.45, 7) is 0. The molecule has 3 aromatic rings. The minimum absolute atomic E-state index is 0.590. The van der Waals surface area contributed by atoms with Gasteiger partial charge in [0.05, 0.1) is 11.7 Å². The van der Waals surface area contributed by atoms with Crippen molar-refractivity contribution in [1.29, 1.82) is 0 Å². The van der Waals surface area contributed by atoms with Gasteiger partial charge in [0.15, 0.2) is 5.82 Å². The monoisotopic (exact) mass is 229 g/mol. The smallest absolute Gasteiger partial charge is 0.242 e. The summed E-state index contributed by atoms with van der Waals surface area (Å²) in [7, 11) is 3.64. The van der Waals surface area contributed by atoms with Crippen molar-refractivity contribution < 1.29 is 0 Å². The highest BCUT2D eigenvalue weighted by Crippen LogP contribution is 2.24. The second-order valence-corrected chi connectivity index (χ2v) is 3.62. The van der Waals surface area contributed by atoms with Gasteiger partial charge in [-0.05, 0) is 6.07 Å². The van der Waals surface area contributed by atoms with E-state index in [0.29, 0.717) is 5.95 Å². The molecule has 0 aromatic carbocycles. The molecular weight excluding hydrogens is 218 g/mol. The highest BCUT2D eigenvalue weighted by Gasteiger charge is 2.12. The molecule has 3 heterocycles. The second kappa shape index (κ2) is 3.55. The van der Waals surface area contributed by atoms with E-state index in [4.69, 9.17) is 0 Å². The number of H-pyrrole nitrogens is 1. The Hall–Kier alpha value is -2.44. The van der Waals surface area contributed by atoms with E-state index >= 15 is 0 Å². The Labute approximate surface area is 96.9 Å². The van der Waals surface area contributed by atoms with Crippen molar-refractivity contribution in [2.75, 3.05) is 12.4 Å². The zero-order chi connectivity index (χ0) is 11.8. The summed E-state index contributed by atoms with van der Waals surface area (Å²) in [4.78, 5) is 8.61. The molecular formula is C10H11N7. The Morgan fingerprint density at radius 1 is 1.41 bits per heavy atom. The van der Waals surface area contributed by atoms with Crippen LogP contribution in [0.2, 0.25) is 0 Å². The van der Waals surface area contributed by atoms with Gasteiger partial charge in [-0.1, -0.05) is 0 Å². The van der Waals surface area contributed by atoms with Crippen molar-refractivity contribution in [3.05, 3.63) is 18.5 Å². The van der Waals surface area contributed by atoms with Crippen LogP contribution in [0, 0.1) is 0 Å². The van der Waals surface area contributed by atoms with Crippen LogP contribution in [-0.2, 0) is 7.05 Å². The number of aryl methyl sites for hydroxylation is 1. The van der Waals surface area contributed by atoms with E-state index in [0.717, 1.165) is 22.4 Å². The first-order chi connectivity index (χ1) is 8.29. The van der Waals surface area contributed by atoms with Gasteiger partial charge in [0.25, 0.3) is 0 Å². The van der Waals surface area contributed by atoms with Crippen LogP contribution < -0.4 is 5.32 Å². The van der Waals surface area contributed by atoms with Gasteiger partial charge in [0.1, 0.15) is 5.52 Å². The van der Waals surface area contributed by atoms with E-state index in [1.807, 2.05) is 13.1 Å². The molecule has 0 aliphatic carbocycles. The predicted octanol–water partition coefficient (Wildman–Crippen LogP) is 0.795. The zero-order valence-electron chi connectivity index (χ0n) is 9.47.